The highest BCUT2D eigenvalue weighted by molar-refractivity contribution is 5.94. The third-order valence-corrected chi connectivity index (χ3v) is 5.97. The Kier molecular flexibility index (Phi) is 8.99. The van der Waals surface area contributed by atoms with Gasteiger partial charge in [0.25, 0.3) is 5.91 Å². The van der Waals surface area contributed by atoms with E-state index in [1.165, 1.54) is 25.9 Å². The van der Waals surface area contributed by atoms with Crippen LogP contribution in [0.15, 0.2) is 18.3 Å². The molecular weight excluding hydrogens is 376 g/mol. The third kappa shape index (κ3) is 5.82. The Morgan fingerprint density at radius 3 is 2.61 bits per heavy atom. The summed E-state index contributed by atoms with van der Waals surface area (Å²) in [4.78, 5) is 24.0. The van der Waals surface area contributed by atoms with Gasteiger partial charge in [-0.3, -0.25) is 9.69 Å². The van der Waals surface area contributed by atoms with Crippen molar-refractivity contribution in [1.82, 2.24) is 14.8 Å². The lowest BCUT2D eigenvalue weighted by atomic mass is 9.95. The Morgan fingerprint density at radius 1 is 1.25 bits per heavy atom. The molecule has 28 heavy (non-hydrogen) atoms. The summed E-state index contributed by atoms with van der Waals surface area (Å²) in [5, 5.41) is 0. The number of methoxy groups -OCH3 is 1. The number of hydrogen-bond acceptors (Lipinski definition) is 5. The molecule has 1 aromatic rings. The zero-order valence-electron chi connectivity index (χ0n) is 17.5. The van der Waals surface area contributed by atoms with Crippen LogP contribution in [-0.2, 0) is 4.74 Å². The number of nitrogens with zero attached hydrogens (tertiary/aromatic N) is 4. The van der Waals surface area contributed by atoms with Crippen LogP contribution in [0.1, 0.15) is 43.0 Å². The van der Waals surface area contributed by atoms with Gasteiger partial charge in [0.1, 0.15) is 5.82 Å². The Balaban J connectivity index is 0.00000280. The summed E-state index contributed by atoms with van der Waals surface area (Å²) in [6.45, 7) is 7.94. The number of halogens is 1. The van der Waals surface area contributed by atoms with Gasteiger partial charge in [-0.1, -0.05) is 6.92 Å². The molecule has 6 nitrogen and oxygen atoms in total. The normalized spacial score (nSPS) is 21.2. The molecule has 0 saturated carbocycles. The Bertz CT molecular complexity index is 605. The number of carbonyl (C=O) groups excluding carboxylic acids is 1. The lowest BCUT2D eigenvalue weighted by Gasteiger charge is -2.41. The molecule has 0 N–H and O–H groups in total. The van der Waals surface area contributed by atoms with Crippen LogP contribution < -0.4 is 4.90 Å². The van der Waals surface area contributed by atoms with E-state index in [1.54, 1.807) is 13.3 Å². The minimum Gasteiger partial charge on any atom is -0.383 e. The maximum atomic E-state index is 12.8. The first-order valence-electron chi connectivity index (χ1n) is 10.3. The van der Waals surface area contributed by atoms with E-state index in [-0.39, 0.29) is 18.3 Å². The first-order valence-corrected chi connectivity index (χ1v) is 10.3. The number of likely N-dealkylation sites (N-methyl/N-ethyl adjacent to an activating group) is 1. The Hall–Kier alpha value is -1.37. The van der Waals surface area contributed by atoms with Gasteiger partial charge in [0, 0.05) is 52.6 Å². The first kappa shape index (κ1) is 22.9. The molecule has 2 aliphatic rings. The molecule has 2 aliphatic heterocycles. The van der Waals surface area contributed by atoms with Crippen molar-refractivity contribution in [2.45, 2.75) is 38.6 Å². The van der Waals surface area contributed by atoms with Crippen LogP contribution in [0, 0.1) is 5.92 Å². The topological polar surface area (TPSA) is 48.9 Å². The fraction of sp³-hybridized carbons (Fsp3) is 0.714. The second kappa shape index (κ2) is 11.0. The zero-order chi connectivity index (χ0) is 19.2. The highest BCUT2D eigenvalue weighted by Gasteiger charge is 2.29. The predicted molar refractivity (Wildman–Crippen MR) is 116 cm³/mol. The zero-order valence-corrected chi connectivity index (χ0v) is 18.3. The summed E-state index contributed by atoms with van der Waals surface area (Å²) in [5.41, 5.74) is 0.684. The molecule has 0 aliphatic carbocycles. The molecule has 1 aromatic heterocycles. The SMILES string of the molecule is COCCN(C)c1ccc(C(=O)N2CCC(N3CCC[C@@H](C)C3)CC2)cn1.Cl. The van der Waals surface area contributed by atoms with Crippen molar-refractivity contribution in [3.05, 3.63) is 23.9 Å². The number of carbonyl (C=O) groups is 1. The molecule has 3 rings (SSSR count). The minimum absolute atomic E-state index is 0. The van der Waals surface area contributed by atoms with Gasteiger partial charge in [-0.25, -0.2) is 4.98 Å². The van der Waals surface area contributed by atoms with Gasteiger partial charge in [-0.2, -0.15) is 0 Å². The summed E-state index contributed by atoms with van der Waals surface area (Å²) in [6.07, 6.45) is 6.56. The van der Waals surface area contributed by atoms with Crippen LogP contribution in [0.25, 0.3) is 0 Å². The van der Waals surface area contributed by atoms with E-state index in [2.05, 4.69) is 16.8 Å². The van der Waals surface area contributed by atoms with Crippen molar-refractivity contribution >= 4 is 24.1 Å². The summed E-state index contributed by atoms with van der Waals surface area (Å²) in [7, 11) is 3.67. The van der Waals surface area contributed by atoms with Gasteiger partial charge < -0.3 is 14.5 Å². The number of rotatable bonds is 6. The molecule has 7 heteroatoms. The van der Waals surface area contributed by atoms with Crippen molar-refractivity contribution in [3.63, 3.8) is 0 Å². The average molecular weight is 411 g/mol. The minimum atomic E-state index is 0. The molecule has 0 spiro atoms. The Labute approximate surface area is 175 Å². The molecule has 3 heterocycles. The van der Waals surface area contributed by atoms with Crippen LogP contribution in [-0.4, -0.2) is 80.2 Å². The number of anilines is 1. The number of hydrogen-bond donors (Lipinski definition) is 0. The van der Waals surface area contributed by atoms with Crippen LogP contribution in [0.4, 0.5) is 5.82 Å². The smallest absolute Gasteiger partial charge is 0.255 e. The van der Waals surface area contributed by atoms with Crippen LogP contribution in [0.5, 0.6) is 0 Å². The lowest BCUT2D eigenvalue weighted by Crippen LogP contribution is -2.49. The van der Waals surface area contributed by atoms with Crippen molar-refractivity contribution in [2.24, 2.45) is 5.92 Å². The third-order valence-electron chi connectivity index (χ3n) is 5.97. The maximum Gasteiger partial charge on any atom is 0.255 e. The number of amides is 1. The predicted octanol–water partition coefficient (Wildman–Crippen LogP) is 2.92. The highest BCUT2D eigenvalue weighted by Crippen LogP contribution is 2.24. The summed E-state index contributed by atoms with van der Waals surface area (Å²) in [5.74, 6) is 1.78. The van der Waals surface area contributed by atoms with Gasteiger partial charge in [-0.05, 0) is 50.3 Å². The largest absolute Gasteiger partial charge is 0.383 e. The van der Waals surface area contributed by atoms with Crippen LogP contribution in [0.3, 0.4) is 0 Å². The van der Waals surface area contributed by atoms with Gasteiger partial charge in [0.05, 0.1) is 12.2 Å². The molecule has 1 atom stereocenters. The van der Waals surface area contributed by atoms with E-state index in [0.717, 1.165) is 44.2 Å². The fourth-order valence-electron chi connectivity index (χ4n) is 4.26. The number of likely N-dealkylation sites (tertiary alicyclic amines) is 2. The van der Waals surface area contributed by atoms with Gasteiger partial charge >= 0.3 is 0 Å². The van der Waals surface area contributed by atoms with E-state index >= 15 is 0 Å². The summed E-state index contributed by atoms with van der Waals surface area (Å²) < 4.78 is 5.10. The standard InChI is InChI=1S/C21H34N4O2.ClH/c1-17-5-4-10-25(16-17)19-8-11-24(12-9-19)21(26)18-6-7-20(22-15-18)23(2)13-14-27-3;/h6-7,15,17,19H,4-5,8-14,16H2,1-3H3;1H/t17-;/m1./s1. The molecule has 0 bridgehead atoms. The average Bonchev–Trinajstić information content (AvgIpc) is 2.71. The molecular formula is C21H35ClN4O2. The molecule has 1 amide bonds. The van der Waals surface area contributed by atoms with E-state index in [1.807, 2.05) is 29.0 Å². The second-order valence-electron chi connectivity index (χ2n) is 8.09. The monoisotopic (exact) mass is 410 g/mol. The van der Waals surface area contributed by atoms with E-state index in [4.69, 9.17) is 4.74 Å². The molecule has 2 fully saturated rings. The van der Waals surface area contributed by atoms with Gasteiger partial charge in [-0.15, -0.1) is 12.4 Å². The van der Waals surface area contributed by atoms with Crippen LogP contribution >= 0.6 is 12.4 Å². The van der Waals surface area contributed by atoms with Crippen LogP contribution in [0.2, 0.25) is 0 Å². The van der Waals surface area contributed by atoms with Crippen molar-refractivity contribution in [3.8, 4) is 0 Å². The number of aromatic nitrogens is 1. The maximum absolute atomic E-state index is 12.8. The summed E-state index contributed by atoms with van der Waals surface area (Å²) in [6, 6.07) is 4.46. The van der Waals surface area contributed by atoms with Crippen molar-refractivity contribution in [1.29, 1.82) is 0 Å². The molecule has 0 unspecified atom stereocenters. The molecule has 2 saturated heterocycles. The number of piperidine rings is 2. The molecule has 158 valence electrons. The summed E-state index contributed by atoms with van der Waals surface area (Å²) >= 11 is 0. The fourth-order valence-corrected chi connectivity index (χ4v) is 4.26. The number of pyridine rings is 1. The first-order chi connectivity index (χ1) is 13.1. The van der Waals surface area contributed by atoms with Gasteiger partial charge in [0.15, 0.2) is 0 Å². The Morgan fingerprint density at radius 2 is 2.00 bits per heavy atom. The van der Waals surface area contributed by atoms with E-state index < -0.39 is 0 Å². The van der Waals surface area contributed by atoms with E-state index in [0.29, 0.717) is 18.2 Å². The number of ether oxygens (including phenoxy) is 1. The van der Waals surface area contributed by atoms with Gasteiger partial charge in [0.2, 0.25) is 0 Å². The highest BCUT2D eigenvalue weighted by atomic mass is 35.5. The van der Waals surface area contributed by atoms with Crippen molar-refractivity contribution in [2.75, 3.05) is 58.4 Å². The molecule has 0 radical (unpaired) electrons. The molecule has 0 aromatic carbocycles. The van der Waals surface area contributed by atoms with Crippen molar-refractivity contribution < 1.29 is 9.53 Å². The van der Waals surface area contributed by atoms with E-state index in [9.17, 15) is 4.79 Å². The lowest BCUT2D eigenvalue weighted by molar-refractivity contribution is 0.0541. The quantitative estimate of drug-likeness (QED) is 0.721. The second-order valence-corrected chi connectivity index (χ2v) is 8.09.